The summed E-state index contributed by atoms with van der Waals surface area (Å²) in [4.78, 5) is 9.95. The van der Waals surface area contributed by atoms with Crippen molar-refractivity contribution in [1.82, 2.24) is 20.0 Å². The van der Waals surface area contributed by atoms with Crippen molar-refractivity contribution in [3.8, 4) is 0 Å². The first-order valence-corrected chi connectivity index (χ1v) is 6.05. The number of aryl methyl sites for hydroxylation is 1. The van der Waals surface area contributed by atoms with Gasteiger partial charge in [-0.2, -0.15) is 5.10 Å². The molecule has 0 aliphatic rings. The van der Waals surface area contributed by atoms with Crippen LogP contribution in [-0.4, -0.2) is 24.9 Å². The van der Waals surface area contributed by atoms with E-state index in [9.17, 15) is 10.1 Å². The van der Waals surface area contributed by atoms with E-state index in [0.29, 0.717) is 5.88 Å². The highest BCUT2D eigenvalue weighted by Gasteiger charge is 2.09. The van der Waals surface area contributed by atoms with Crippen LogP contribution in [0.25, 0.3) is 0 Å². The van der Waals surface area contributed by atoms with Gasteiger partial charge in [-0.3, -0.25) is 14.8 Å². The normalized spacial score (nSPS) is 10.6. The summed E-state index contributed by atoms with van der Waals surface area (Å²) >= 11 is 2.93. The molecule has 0 radical (unpaired) electrons. The Hall–Kier alpha value is -1.48. The number of hydrogen-bond donors (Lipinski definition) is 0. The molecule has 2 aromatic rings. The van der Waals surface area contributed by atoms with Crippen molar-refractivity contribution < 1.29 is 4.92 Å². The van der Waals surface area contributed by atoms with Gasteiger partial charge >= 0.3 is 5.69 Å². The van der Waals surface area contributed by atoms with E-state index in [4.69, 9.17) is 0 Å². The molecule has 0 fully saturated rings. The van der Waals surface area contributed by atoms with Crippen LogP contribution in [0.2, 0.25) is 0 Å². The summed E-state index contributed by atoms with van der Waals surface area (Å²) in [5.41, 5.74) is -0.00551. The van der Waals surface area contributed by atoms with E-state index in [0.717, 1.165) is 9.35 Å². The van der Waals surface area contributed by atoms with Crippen LogP contribution in [0.1, 0.15) is 5.01 Å². The van der Waals surface area contributed by atoms with Crippen LogP contribution in [0.5, 0.6) is 0 Å². The zero-order valence-electron chi connectivity index (χ0n) is 8.23. The molecule has 0 saturated carbocycles. The first-order chi connectivity index (χ1) is 7.65. The van der Waals surface area contributed by atoms with Crippen LogP contribution in [0.15, 0.2) is 16.7 Å². The van der Waals surface area contributed by atoms with E-state index >= 15 is 0 Å². The van der Waals surface area contributed by atoms with Gasteiger partial charge in [0.1, 0.15) is 17.4 Å². The molecule has 0 spiro atoms. The molecule has 2 rings (SSSR count). The van der Waals surface area contributed by atoms with E-state index in [1.54, 1.807) is 0 Å². The molecule has 0 amide bonds. The second-order valence-corrected chi connectivity index (χ2v) is 5.23. The summed E-state index contributed by atoms with van der Waals surface area (Å²) in [6.07, 6.45) is 2.62. The Morgan fingerprint density at radius 1 is 1.62 bits per heavy atom. The van der Waals surface area contributed by atoms with Crippen molar-refractivity contribution >= 4 is 28.8 Å². The smallest absolute Gasteiger partial charge is 0.258 e. The van der Waals surface area contributed by atoms with E-state index in [1.807, 2.05) is 6.92 Å². The lowest BCUT2D eigenvalue weighted by molar-refractivity contribution is -0.385. The summed E-state index contributed by atoms with van der Waals surface area (Å²) in [5, 5.41) is 23.0. The van der Waals surface area contributed by atoms with E-state index in [1.165, 1.54) is 40.2 Å². The second kappa shape index (κ2) is 4.58. The highest BCUT2D eigenvalue weighted by Crippen LogP contribution is 2.23. The topological polar surface area (TPSA) is 86.7 Å². The fourth-order valence-electron chi connectivity index (χ4n) is 0.976. The van der Waals surface area contributed by atoms with Crippen molar-refractivity contribution in [2.45, 2.75) is 17.1 Å². The lowest BCUT2D eigenvalue weighted by Crippen LogP contribution is -1.93. The molecule has 16 heavy (non-hydrogen) atoms. The average Bonchev–Trinajstić information content (AvgIpc) is 2.83. The average molecular weight is 257 g/mol. The van der Waals surface area contributed by atoms with Crippen molar-refractivity contribution in [2.75, 3.05) is 0 Å². The molecule has 0 atom stereocenters. The molecule has 0 aliphatic heterocycles. The molecule has 0 bridgehead atoms. The van der Waals surface area contributed by atoms with Crippen molar-refractivity contribution in [3.63, 3.8) is 0 Å². The highest BCUT2D eigenvalue weighted by atomic mass is 32.2. The number of nitrogens with zero attached hydrogens (tertiary/aromatic N) is 5. The maximum Gasteiger partial charge on any atom is 0.307 e. The van der Waals surface area contributed by atoms with Gasteiger partial charge in [0.15, 0.2) is 4.34 Å². The highest BCUT2D eigenvalue weighted by molar-refractivity contribution is 8.00. The predicted molar refractivity (Wildman–Crippen MR) is 59.4 cm³/mol. The van der Waals surface area contributed by atoms with Crippen LogP contribution in [0.3, 0.4) is 0 Å². The minimum Gasteiger partial charge on any atom is -0.258 e. The Kier molecular flexibility index (Phi) is 3.15. The maximum absolute atomic E-state index is 10.4. The fourth-order valence-corrected chi connectivity index (χ4v) is 2.63. The van der Waals surface area contributed by atoms with Crippen LogP contribution in [0.4, 0.5) is 5.69 Å². The van der Waals surface area contributed by atoms with Crippen LogP contribution in [0, 0.1) is 17.0 Å². The molecule has 2 aromatic heterocycles. The van der Waals surface area contributed by atoms with Gasteiger partial charge in [0.05, 0.1) is 10.8 Å². The third-order valence-electron chi connectivity index (χ3n) is 1.66. The minimum absolute atomic E-state index is 0.00551. The Morgan fingerprint density at radius 2 is 2.44 bits per heavy atom. The van der Waals surface area contributed by atoms with Crippen molar-refractivity contribution in [2.24, 2.45) is 0 Å². The number of nitro groups is 1. The maximum atomic E-state index is 10.4. The van der Waals surface area contributed by atoms with Gasteiger partial charge in [0.2, 0.25) is 0 Å². The lowest BCUT2D eigenvalue weighted by atomic mass is 10.6. The standard InChI is InChI=1S/C7H7N5O2S2/c1-5-9-10-7(16-5)15-4-11-3-6(2-8-11)12(13)14/h2-3H,4H2,1H3. The summed E-state index contributed by atoms with van der Waals surface area (Å²) < 4.78 is 2.33. The second-order valence-electron chi connectivity index (χ2n) is 2.86. The van der Waals surface area contributed by atoms with E-state index < -0.39 is 4.92 Å². The molecule has 0 N–H and O–H groups in total. The first kappa shape index (κ1) is 11.0. The SMILES string of the molecule is Cc1nnc(SCn2cc([N+](=O)[O-])cn2)s1. The monoisotopic (exact) mass is 257 g/mol. The molecule has 0 aliphatic carbocycles. The number of thioether (sulfide) groups is 1. The third kappa shape index (κ3) is 2.55. The molecule has 84 valence electrons. The van der Waals surface area contributed by atoms with E-state index in [2.05, 4.69) is 15.3 Å². The van der Waals surface area contributed by atoms with E-state index in [-0.39, 0.29) is 5.69 Å². The number of aromatic nitrogens is 4. The predicted octanol–water partition coefficient (Wildman–Crippen LogP) is 1.70. The lowest BCUT2D eigenvalue weighted by Gasteiger charge is -1.95. The van der Waals surface area contributed by atoms with Crippen LogP contribution >= 0.6 is 23.1 Å². The van der Waals surface area contributed by atoms with Gasteiger partial charge < -0.3 is 0 Å². The van der Waals surface area contributed by atoms with Gasteiger partial charge in [-0.1, -0.05) is 23.1 Å². The molecule has 2 heterocycles. The zero-order valence-corrected chi connectivity index (χ0v) is 9.86. The zero-order chi connectivity index (χ0) is 11.5. The summed E-state index contributed by atoms with van der Waals surface area (Å²) in [6.45, 7) is 1.88. The van der Waals surface area contributed by atoms with Crippen molar-refractivity contribution in [3.05, 3.63) is 27.5 Å². The van der Waals surface area contributed by atoms with Gasteiger partial charge in [-0.25, -0.2) is 0 Å². The Morgan fingerprint density at radius 3 is 3.00 bits per heavy atom. The number of rotatable bonds is 4. The van der Waals surface area contributed by atoms with Gasteiger partial charge in [-0.15, -0.1) is 10.2 Å². The molecule has 7 nitrogen and oxygen atoms in total. The van der Waals surface area contributed by atoms with Crippen LogP contribution in [-0.2, 0) is 5.88 Å². The van der Waals surface area contributed by atoms with Gasteiger partial charge in [0.25, 0.3) is 0 Å². The largest absolute Gasteiger partial charge is 0.307 e. The summed E-state index contributed by atoms with van der Waals surface area (Å²) in [5.74, 6) is 0.489. The molecular weight excluding hydrogens is 250 g/mol. The quantitative estimate of drug-likeness (QED) is 0.470. The Labute approximate surface area is 98.6 Å². The van der Waals surface area contributed by atoms with Crippen molar-refractivity contribution in [1.29, 1.82) is 0 Å². The molecule has 0 saturated heterocycles. The summed E-state index contributed by atoms with van der Waals surface area (Å²) in [7, 11) is 0. The van der Waals surface area contributed by atoms with Gasteiger partial charge in [0, 0.05) is 0 Å². The minimum atomic E-state index is -0.469. The molecular formula is C7H7N5O2S2. The third-order valence-corrected chi connectivity index (χ3v) is 3.62. The van der Waals surface area contributed by atoms with Gasteiger partial charge in [-0.05, 0) is 6.92 Å². The summed E-state index contributed by atoms with van der Waals surface area (Å²) in [6, 6.07) is 0. The molecule has 0 aromatic carbocycles. The Balaban J connectivity index is 1.97. The molecule has 9 heteroatoms. The fraction of sp³-hybridized carbons (Fsp3) is 0.286. The number of hydrogen-bond acceptors (Lipinski definition) is 7. The Bertz CT molecular complexity index is 508. The first-order valence-electron chi connectivity index (χ1n) is 4.25. The molecule has 0 unspecified atom stereocenters. The van der Waals surface area contributed by atoms with Crippen LogP contribution < -0.4 is 0 Å².